The number of hydrogen-bond acceptors (Lipinski definition) is 1. The van der Waals surface area contributed by atoms with Crippen molar-refractivity contribution < 1.29 is 0 Å². The van der Waals surface area contributed by atoms with E-state index >= 15 is 0 Å². The van der Waals surface area contributed by atoms with Crippen molar-refractivity contribution in [1.82, 2.24) is 4.98 Å². The highest BCUT2D eigenvalue weighted by atomic mass is 14.7. The van der Waals surface area contributed by atoms with Crippen LogP contribution in [0, 0.1) is 18.3 Å². The highest BCUT2D eigenvalue weighted by Crippen LogP contribution is 2.48. The molecule has 0 spiro atoms. The molecule has 0 aliphatic heterocycles. The summed E-state index contributed by atoms with van der Waals surface area (Å²) in [6.07, 6.45) is 13.3. The lowest BCUT2D eigenvalue weighted by molar-refractivity contribution is 0.343. The predicted octanol–water partition coefficient (Wildman–Crippen LogP) is 9.54. The largest absolute Gasteiger partial charge is 0.261 e. The summed E-state index contributed by atoms with van der Waals surface area (Å²) in [6.45, 7) is 7.01. The second-order valence-corrected chi connectivity index (χ2v) is 10.9. The number of pyridine rings is 1. The molecule has 194 valence electrons. The summed E-state index contributed by atoms with van der Waals surface area (Å²) in [5.74, 6) is 4.25. The molecule has 4 atom stereocenters. The van der Waals surface area contributed by atoms with Crippen molar-refractivity contribution in [2.75, 3.05) is 0 Å². The molecular formula is C37H41N. The molecule has 1 heterocycles. The smallest absolute Gasteiger partial charge is 0.0432 e. The molecule has 0 aliphatic rings. The van der Waals surface area contributed by atoms with Crippen LogP contribution in [-0.2, 0) is 5.41 Å². The summed E-state index contributed by atoms with van der Waals surface area (Å²) in [5.41, 5.74) is 5.99. The van der Waals surface area contributed by atoms with Gasteiger partial charge in [-0.25, -0.2) is 0 Å². The zero-order chi connectivity index (χ0) is 26.8. The Kier molecular flexibility index (Phi) is 9.56. The zero-order valence-electron chi connectivity index (χ0n) is 23.2. The topological polar surface area (TPSA) is 12.9 Å². The molecule has 1 heteroatoms. The molecule has 4 rings (SSSR count). The third kappa shape index (κ3) is 6.62. The van der Waals surface area contributed by atoms with Gasteiger partial charge in [-0.1, -0.05) is 118 Å². The van der Waals surface area contributed by atoms with Crippen LogP contribution in [0.3, 0.4) is 0 Å². The third-order valence-corrected chi connectivity index (χ3v) is 8.35. The van der Waals surface area contributed by atoms with E-state index in [1.54, 1.807) is 0 Å². The van der Waals surface area contributed by atoms with Gasteiger partial charge in [-0.05, 0) is 78.0 Å². The van der Waals surface area contributed by atoms with Crippen molar-refractivity contribution in [1.29, 1.82) is 0 Å². The lowest BCUT2D eigenvalue weighted by atomic mass is 9.63. The number of hydrogen-bond donors (Lipinski definition) is 0. The van der Waals surface area contributed by atoms with Crippen LogP contribution in [0.1, 0.15) is 92.7 Å². The van der Waals surface area contributed by atoms with Crippen LogP contribution in [0.2, 0.25) is 0 Å². The number of nitrogens with zero attached hydrogens (tertiary/aromatic N) is 1. The molecule has 4 aromatic rings. The minimum absolute atomic E-state index is 0.193. The van der Waals surface area contributed by atoms with Gasteiger partial charge in [-0.15, -0.1) is 6.42 Å². The first-order valence-corrected chi connectivity index (χ1v) is 14.1. The lowest BCUT2D eigenvalue weighted by Gasteiger charge is -2.40. The Balaban J connectivity index is 1.86. The first-order valence-electron chi connectivity index (χ1n) is 14.1. The van der Waals surface area contributed by atoms with Gasteiger partial charge in [0.15, 0.2) is 0 Å². The van der Waals surface area contributed by atoms with Crippen LogP contribution >= 0.6 is 0 Å². The van der Waals surface area contributed by atoms with E-state index in [-0.39, 0.29) is 11.3 Å². The van der Waals surface area contributed by atoms with Gasteiger partial charge < -0.3 is 0 Å². The molecule has 0 amide bonds. The third-order valence-electron chi connectivity index (χ3n) is 8.35. The van der Waals surface area contributed by atoms with E-state index < -0.39 is 0 Å². The molecule has 0 radical (unpaired) electrons. The van der Waals surface area contributed by atoms with Crippen LogP contribution in [0.25, 0.3) is 0 Å². The molecule has 0 bridgehead atoms. The molecule has 4 unspecified atom stereocenters. The van der Waals surface area contributed by atoms with Gasteiger partial charge in [0.2, 0.25) is 0 Å². The Morgan fingerprint density at radius 3 is 1.97 bits per heavy atom. The van der Waals surface area contributed by atoms with Gasteiger partial charge in [0, 0.05) is 22.9 Å². The summed E-state index contributed by atoms with van der Waals surface area (Å²) in [6, 6.07) is 37.3. The van der Waals surface area contributed by atoms with Crippen molar-refractivity contribution in [3.05, 3.63) is 137 Å². The molecule has 0 aliphatic carbocycles. The summed E-state index contributed by atoms with van der Waals surface area (Å²) in [5, 5.41) is 0. The van der Waals surface area contributed by atoms with E-state index in [4.69, 9.17) is 11.4 Å². The van der Waals surface area contributed by atoms with Crippen molar-refractivity contribution in [3.63, 3.8) is 0 Å². The molecule has 0 fully saturated rings. The Morgan fingerprint density at radius 1 is 0.737 bits per heavy atom. The lowest BCUT2D eigenvalue weighted by Crippen LogP contribution is -2.32. The molecule has 3 aromatic carbocycles. The van der Waals surface area contributed by atoms with E-state index in [0.717, 1.165) is 30.0 Å². The fourth-order valence-corrected chi connectivity index (χ4v) is 5.88. The average Bonchev–Trinajstić information content (AvgIpc) is 2.99. The van der Waals surface area contributed by atoms with E-state index in [0.29, 0.717) is 5.92 Å². The first kappa shape index (κ1) is 27.4. The zero-order valence-corrected chi connectivity index (χ0v) is 23.2. The van der Waals surface area contributed by atoms with Gasteiger partial charge in [-0.2, -0.15) is 0 Å². The highest BCUT2D eigenvalue weighted by Gasteiger charge is 2.39. The summed E-state index contributed by atoms with van der Waals surface area (Å²) in [7, 11) is 0. The van der Waals surface area contributed by atoms with Gasteiger partial charge in [-0.3, -0.25) is 4.98 Å². The van der Waals surface area contributed by atoms with Crippen LogP contribution in [0.4, 0.5) is 0 Å². The maximum Gasteiger partial charge on any atom is 0.0432 e. The minimum Gasteiger partial charge on any atom is -0.261 e. The van der Waals surface area contributed by atoms with Crippen LogP contribution in [0.5, 0.6) is 0 Å². The van der Waals surface area contributed by atoms with Gasteiger partial charge in [0.05, 0.1) is 0 Å². The normalized spacial score (nSPS) is 15.1. The van der Waals surface area contributed by atoms with Crippen molar-refractivity contribution in [2.45, 2.75) is 70.1 Å². The Morgan fingerprint density at radius 2 is 1.37 bits per heavy atom. The van der Waals surface area contributed by atoms with E-state index in [2.05, 4.69) is 124 Å². The number of terminal acetylenes is 1. The van der Waals surface area contributed by atoms with Crippen LogP contribution in [0.15, 0.2) is 109 Å². The number of aromatic nitrogens is 1. The van der Waals surface area contributed by atoms with Gasteiger partial charge in [0.1, 0.15) is 0 Å². The summed E-state index contributed by atoms with van der Waals surface area (Å²) < 4.78 is 0. The van der Waals surface area contributed by atoms with Crippen molar-refractivity contribution >= 4 is 0 Å². The molecule has 0 saturated heterocycles. The fraction of sp³-hybridized carbons (Fsp3) is 0.324. The highest BCUT2D eigenvalue weighted by molar-refractivity contribution is 5.44. The molecule has 0 saturated carbocycles. The van der Waals surface area contributed by atoms with Gasteiger partial charge >= 0.3 is 0 Å². The Labute approximate surface area is 230 Å². The monoisotopic (exact) mass is 499 g/mol. The molecular weight excluding hydrogens is 458 g/mol. The van der Waals surface area contributed by atoms with Crippen LogP contribution < -0.4 is 0 Å². The van der Waals surface area contributed by atoms with E-state index in [1.165, 1.54) is 36.0 Å². The average molecular weight is 500 g/mol. The van der Waals surface area contributed by atoms with E-state index in [9.17, 15) is 0 Å². The minimum atomic E-state index is -0.193. The maximum absolute atomic E-state index is 5.76. The second kappa shape index (κ2) is 13.3. The first-order chi connectivity index (χ1) is 18.6. The summed E-state index contributed by atoms with van der Waals surface area (Å²) >= 11 is 0. The second-order valence-electron chi connectivity index (χ2n) is 10.9. The standard InChI is InChI=1S/C37H41N/c1-5-29(3)20-23-33(32-15-9-7-10-16-32)28-37(34-17-11-8-12-18-34,35-24-21-31(6-2)22-25-35)27-30(4)36-19-13-14-26-38-36/h2,7-19,21-22,24-26,29-30,33H,5,20,23,27-28H2,1,3-4H3. The molecule has 1 nitrogen and oxygen atoms in total. The molecule has 38 heavy (non-hydrogen) atoms. The van der Waals surface area contributed by atoms with E-state index in [1.807, 2.05) is 12.3 Å². The number of benzene rings is 3. The van der Waals surface area contributed by atoms with Crippen LogP contribution in [-0.4, -0.2) is 4.98 Å². The van der Waals surface area contributed by atoms with Crippen molar-refractivity contribution in [3.8, 4) is 12.3 Å². The molecule has 1 aromatic heterocycles. The quantitative estimate of drug-likeness (QED) is 0.177. The van der Waals surface area contributed by atoms with Crippen molar-refractivity contribution in [2.24, 2.45) is 5.92 Å². The fourth-order valence-electron chi connectivity index (χ4n) is 5.88. The number of rotatable bonds is 12. The Hall–Kier alpha value is -3.63. The predicted molar refractivity (Wildman–Crippen MR) is 161 cm³/mol. The SMILES string of the molecule is C#Cc1ccc(C(CC(C)c2ccccn2)(CC(CCC(C)CC)c2ccccc2)c2ccccc2)cc1. The van der Waals surface area contributed by atoms with Gasteiger partial charge in [0.25, 0.3) is 0 Å². The Bertz CT molecular complexity index is 1270. The molecule has 0 N–H and O–H groups in total. The maximum atomic E-state index is 5.76. The summed E-state index contributed by atoms with van der Waals surface area (Å²) in [4.78, 5) is 4.76.